The van der Waals surface area contributed by atoms with Crippen LogP contribution in [0.15, 0.2) is 0 Å². The number of unbranched alkanes of at least 4 members (excludes halogenated alkanes) is 1. The summed E-state index contributed by atoms with van der Waals surface area (Å²) >= 11 is 0. The van der Waals surface area contributed by atoms with E-state index in [4.69, 9.17) is 4.74 Å². The van der Waals surface area contributed by atoms with Crippen molar-refractivity contribution in [3.63, 3.8) is 0 Å². The summed E-state index contributed by atoms with van der Waals surface area (Å²) in [6, 6.07) is 0. The molecule has 0 unspecified atom stereocenters. The fourth-order valence-electron chi connectivity index (χ4n) is 0.815. The third-order valence-corrected chi connectivity index (χ3v) is 2.01. The molecule has 0 spiro atoms. The van der Waals surface area contributed by atoms with Crippen LogP contribution in [-0.4, -0.2) is 13.2 Å². The van der Waals surface area contributed by atoms with Crippen LogP contribution in [0.1, 0.15) is 46.5 Å². The predicted octanol–water partition coefficient (Wildman–Crippen LogP) is 3.24. The molecular weight excluding hydrogens is 136 g/mol. The summed E-state index contributed by atoms with van der Waals surface area (Å²) in [5, 5.41) is 0. The van der Waals surface area contributed by atoms with Crippen LogP contribution >= 0.6 is 0 Å². The lowest BCUT2D eigenvalue weighted by Gasteiger charge is -2.16. The molecule has 0 atom stereocenters. The molecular formula is C10H22O. The molecule has 1 rings (SSSR count). The van der Waals surface area contributed by atoms with Crippen LogP contribution in [0.4, 0.5) is 0 Å². The van der Waals surface area contributed by atoms with Crippen LogP contribution < -0.4 is 0 Å². The Morgan fingerprint density at radius 2 is 1.55 bits per heavy atom. The Bertz CT molecular complexity index is 63.3. The monoisotopic (exact) mass is 158 g/mol. The molecule has 1 saturated heterocycles. The molecule has 68 valence electrons. The molecule has 0 aliphatic carbocycles. The van der Waals surface area contributed by atoms with E-state index in [1.54, 1.807) is 0 Å². The quantitative estimate of drug-likeness (QED) is 0.569. The third-order valence-electron chi connectivity index (χ3n) is 2.01. The van der Waals surface area contributed by atoms with E-state index < -0.39 is 0 Å². The Hall–Kier alpha value is -0.0400. The minimum absolute atomic E-state index is 0.911. The zero-order chi connectivity index (χ0) is 8.53. The third kappa shape index (κ3) is 7.86. The first-order chi connectivity index (χ1) is 5.31. The van der Waals surface area contributed by atoms with E-state index in [9.17, 15) is 0 Å². The van der Waals surface area contributed by atoms with Gasteiger partial charge in [0, 0.05) is 13.2 Å². The summed E-state index contributed by atoms with van der Waals surface area (Å²) in [6.07, 6.45) is 5.17. The van der Waals surface area contributed by atoms with Gasteiger partial charge < -0.3 is 4.74 Å². The highest BCUT2D eigenvalue weighted by Crippen LogP contribution is 2.11. The molecule has 0 radical (unpaired) electrons. The molecule has 1 fully saturated rings. The Kier molecular flexibility index (Phi) is 8.03. The maximum Gasteiger partial charge on any atom is 0.0468 e. The van der Waals surface area contributed by atoms with Crippen LogP contribution in [0, 0.1) is 5.92 Å². The summed E-state index contributed by atoms with van der Waals surface area (Å²) in [5.41, 5.74) is 0. The van der Waals surface area contributed by atoms with Gasteiger partial charge in [0.05, 0.1) is 0 Å². The molecule has 0 bridgehead atoms. The van der Waals surface area contributed by atoms with Gasteiger partial charge in [-0.1, -0.05) is 33.6 Å². The van der Waals surface area contributed by atoms with Crippen LogP contribution in [0.2, 0.25) is 0 Å². The molecule has 0 N–H and O–H groups in total. The minimum atomic E-state index is 0.911. The molecule has 1 nitrogen and oxygen atoms in total. The van der Waals surface area contributed by atoms with Gasteiger partial charge in [0.2, 0.25) is 0 Å². The average molecular weight is 158 g/mol. The van der Waals surface area contributed by atoms with Crippen LogP contribution in [-0.2, 0) is 4.74 Å². The van der Waals surface area contributed by atoms with Gasteiger partial charge in [-0.25, -0.2) is 0 Å². The summed E-state index contributed by atoms with van der Waals surface area (Å²) in [5.74, 6) is 0.911. The lowest BCUT2D eigenvalue weighted by molar-refractivity contribution is 0.0716. The molecule has 0 amide bonds. The molecule has 0 aromatic rings. The van der Waals surface area contributed by atoms with Gasteiger partial charge in [0.25, 0.3) is 0 Å². The summed E-state index contributed by atoms with van der Waals surface area (Å²) in [4.78, 5) is 0. The van der Waals surface area contributed by atoms with E-state index in [-0.39, 0.29) is 0 Å². The zero-order valence-electron chi connectivity index (χ0n) is 8.23. The Morgan fingerprint density at radius 1 is 1.09 bits per heavy atom. The van der Waals surface area contributed by atoms with E-state index >= 15 is 0 Å². The number of ether oxygens (including phenoxy) is 1. The van der Waals surface area contributed by atoms with E-state index in [1.165, 1.54) is 25.7 Å². The highest BCUT2D eigenvalue weighted by Gasteiger charge is 2.06. The van der Waals surface area contributed by atoms with Gasteiger partial charge in [-0.3, -0.25) is 0 Å². The van der Waals surface area contributed by atoms with Crippen LogP contribution in [0.5, 0.6) is 0 Å². The van der Waals surface area contributed by atoms with Gasteiger partial charge in [0.15, 0.2) is 0 Å². The van der Waals surface area contributed by atoms with Crippen molar-refractivity contribution in [2.45, 2.75) is 46.5 Å². The highest BCUT2D eigenvalue weighted by atomic mass is 16.5. The molecule has 1 heterocycles. The summed E-state index contributed by atoms with van der Waals surface area (Å²) < 4.78 is 5.14. The maximum absolute atomic E-state index is 5.14. The highest BCUT2D eigenvalue weighted by molar-refractivity contribution is 4.55. The largest absolute Gasteiger partial charge is 0.381 e. The molecule has 0 saturated carbocycles. The maximum atomic E-state index is 5.14. The first kappa shape index (κ1) is 11.0. The molecule has 0 aromatic heterocycles. The van der Waals surface area contributed by atoms with Crippen molar-refractivity contribution in [3.8, 4) is 0 Å². The van der Waals surface area contributed by atoms with Crippen molar-refractivity contribution in [1.29, 1.82) is 0 Å². The van der Waals surface area contributed by atoms with Gasteiger partial charge >= 0.3 is 0 Å². The number of hydrogen-bond acceptors (Lipinski definition) is 1. The smallest absolute Gasteiger partial charge is 0.0468 e. The second-order valence-corrected chi connectivity index (χ2v) is 3.29. The topological polar surface area (TPSA) is 9.23 Å². The Labute approximate surface area is 71.1 Å². The van der Waals surface area contributed by atoms with Crippen molar-refractivity contribution < 1.29 is 4.74 Å². The lowest BCUT2D eigenvalue weighted by Crippen LogP contribution is -2.12. The number of hydrogen-bond donors (Lipinski definition) is 0. The minimum Gasteiger partial charge on any atom is -0.381 e. The zero-order valence-corrected chi connectivity index (χ0v) is 8.23. The lowest BCUT2D eigenvalue weighted by atomic mass is 10.0. The normalized spacial score (nSPS) is 18.8. The first-order valence-corrected chi connectivity index (χ1v) is 4.89. The van der Waals surface area contributed by atoms with Crippen molar-refractivity contribution in [1.82, 2.24) is 0 Å². The second kappa shape index (κ2) is 8.06. The van der Waals surface area contributed by atoms with E-state index in [1.807, 2.05) is 0 Å². The van der Waals surface area contributed by atoms with Crippen molar-refractivity contribution in [3.05, 3.63) is 0 Å². The van der Waals surface area contributed by atoms with Gasteiger partial charge in [-0.2, -0.15) is 0 Å². The van der Waals surface area contributed by atoms with Crippen LogP contribution in [0.25, 0.3) is 0 Å². The Balaban J connectivity index is 0.000000218. The average Bonchev–Trinajstić information content (AvgIpc) is 2.07. The fourth-order valence-corrected chi connectivity index (χ4v) is 0.815. The van der Waals surface area contributed by atoms with Crippen molar-refractivity contribution in [2.24, 2.45) is 5.92 Å². The molecule has 1 heteroatoms. The van der Waals surface area contributed by atoms with E-state index in [2.05, 4.69) is 20.8 Å². The first-order valence-electron chi connectivity index (χ1n) is 4.89. The summed E-state index contributed by atoms with van der Waals surface area (Å²) in [6.45, 7) is 8.62. The summed E-state index contributed by atoms with van der Waals surface area (Å²) in [7, 11) is 0. The van der Waals surface area contributed by atoms with Gasteiger partial charge in [-0.15, -0.1) is 0 Å². The van der Waals surface area contributed by atoms with Gasteiger partial charge in [-0.05, 0) is 18.8 Å². The van der Waals surface area contributed by atoms with Gasteiger partial charge in [0.1, 0.15) is 0 Å². The molecule has 1 aliphatic rings. The molecule has 1 aliphatic heterocycles. The van der Waals surface area contributed by atoms with E-state index in [0.29, 0.717) is 0 Å². The Morgan fingerprint density at radius 3 is 1.73 bits per heavy atom. The molecule has 11 heavy (non-hydrogen) atoms. The van der Waals surface area contributed by atoms with Crippen LogP contribution in [0.3, 0.4) is 0 Å². The standard InChI is InChI=1S/C6H12O.C4H10/c1-6-2-4-7-5-3-6;1-3-4-2/h6H,2-5H2,1H3;3-4H2,1-2H3. The fraction of sp³-hybridized carbons (Fsp3) is 1.00. The van der Waals surface area contributed by atoms with Crippen molar-refractivity contribution in [2.75, 3.05) is 13.2 Å². The van der Waals surface area contributed by atoms with Crippen molar-refractivity contribution >= 4 is 0 Å². The second-order valence-electron chi connectivity index (χ2n) is 3.29. The predicted molar refractivity (Wildman–Crippen MR) is 49.8 cm³/mol. The number of rotatable bonds is 1. The SMILES string of the molecule is CC1CCOCC1.CCCC. The molecule has 0 aromatic carbocycles. The van der Waals surface area contributed by atoms with E-state index in [0.717, 1.165) is 19.1 Å².